The third kappa shape index (κ3) is 5.23. The smallest absolute Gasteiger partial charge is 0.123 e. The summed E-state index contributed by atoms with van der Waals surface area (Å²) < 4.78 is 13.0. The summed E-state index contributed by atoms with van der Waals surface area (Å²) >= 11 is 0. The highest BCUT2D eigenvalue weighted by Gasteiger charge is 2.15. The Morgan fingerprint density at radius 3 is 1.96 bits per heavy atom. The second kappa shape index (κ2) is 8.90. The lowest BCUT2D eigenvalue weighted by molar-refractivity contribution is 0.137. The zero-order chi connectivity index (χ0) is 17.5. The van der Waals surface area contributed by atoms with Gasteiger partial charge in [-0.2, -0.15) is 0 Å². The van der Waals surface area contributed by atoms with Gasteiger partial charge in [0.2, 0.25) is 0 Å². The van der Waals surface area contributed by atoms with E-state index < -0.39 is 0 Å². The van der Waals surface area contributed by atoms with Crippen LogP contribution in [0.5, 0.6) is 0 Å². The van der Waals surface area contributed by atoms with E-state index in [0.29, 0.717) is 0 Å². The van der Waals surface area contributed by atoms with Crippen molar-refractivity contribution in [3.05, 3.63) is 72.1 Å². The Kier molecular flexibility index (Phi) is 6.34. The maximum Gasteiger partial charge on any atom is 0.123 e. The lowest BCUT2D eigenvalue weighted by Crippen LogP contribution is -2.45. The molecular formula is C21H25FN2O. The van der Waals surface area contributed by atoms with E-state index in [-0.39, 0.29) is 12.4 Å². The quantitative estimate of drug-likeness (QED) is 0.819. The lowest BCUT2D eigenvalue weighted by Gasteiger charge is -2.34. The van der Waals surface area contributed by atoms with Crippen LogP contribution >= 0.6 is 0 Å². The molecule has 1 heterocycles. The highest BCUT2D eigenvalue weighted by atomic mass is 19.1. The fraction of sp³-hybridized carbons (Fsp3) is 0.333. The fourth-order valence-corrected chi connectivity index (χ4v) is 3.13. The highest BCUT2D eigenvalue weighted by molar-refractivity contribution is 5.63. The fourth-order valence-electron chi connectivity index (χ4n) is 3.13. The molecule has 2 aromatic rings. The molecule has 1 saturated heterocycles. The summed E-state index contributed by atoms with van der Waals surface area (Å²) in [5.74, 6) is -0.202. The van der Waals surface area contributed by atoms with E-state index >= 15 is 0 Å². The average molecular weight is 340 g/mol. The summed E-state index contributed by atoms with van der Waals surface area (Å²) in [6, 6.07) is 15.2. The maximum absolute atomic E-state index is 13.0. The number of aliphatic hydroxyl groups is 1. The molecule has 0 spiro atoms. The van der Waals surface area contributed by atoms with Gasteiger partial charge in [-0.05, 0) is 28.8 Å². The van der Waals surface area contributed by atoms with E-state index in [2.05, 4.69) is 34.1 Å². The van der Waals surface area contributed by atoms with E-state index in [4.69, 9.17) is 5.11 Å². The van der Waals surface area contributed by atoms with Gasteiger partial charge < -0.3 is 5.11 Å². The van der Waals surface area contributed by atoms with Crippen LogP contribution in [0.2, 0.25) is 0 Å². The zero-order valence-corrected chi connectivity index (χ0v) is 14.4. The van der Waals surface area contributed by atoms with E-state index in [9.17, 15) is 4.39 Å². The first-order valence-electron chi connectivity index (χ1n) is 8.80. The van der Waals surface area contributed by atoms with Crippen molar-refractivity contribution in [2.75, 3.05) is 39.3 Å². The number of piperazine rings is 1. The molecule has 0 saturated carbocycles. The van der Waals surface area contributed by atoms with Gasteiger partial charge in [0.1, 0.15) is 5.82 Å². The summed E-state index contributed by atoms with van der Waals surface area (Å²) in [5, 5.41) is 8.78. The highest BCUT2D eigenvalue weighted by Crippen LogP contribution is 2.20. The van der Waals surface area contributed by atoms with Crippen LogP contribution in [0, 0.1) is 5.82 Å². The van der Waals surface area contributed by atoms with E-state index in [0.717, 1.165) is 50.4 Å². The first-order chi connectivity index (χ1) is 12.2. The number of halogens is 1. The molecule has 0 unspecified atom stereocenters. The molecule has 1 aliphatic heterocycles. The van der Waals surface area contributed by atoms with Gasteiger partial charge in [0, 0.05) is 39.3 Å². The maximum atomic E-state index is 13.0. The van der Waals surface area contributed by atoms with E-state index in [1.807, 2.05) is 18.2 Å². The van der Waals surface area contributed by atoms with Gasteiger partial charge >= 0.3 is 0 Å². The van der Waals surface area contributed by atoms with Gasteiger partial charge in [0.25, 0.3) is 0 Å². The molecule has 0 aromatic heterocycles. The molecule has 1 N–H and O–H groups in total. The predicted molar refractivity (Wildman–Crippen MR) is 99.8 cm³/mol. The number of aliphatic hydroxyl groups excluding tert-OH is 1. The summed E-state index contributed by atoms with van der Waals surface area (Å²) in [5.41, 5.74) is 3.46. The Bertz CT molecular complexity index is 674. The van der Waals surface area contributed by atoms with Crippen molar-refractivity contribution in [1.82, 2.24) is 9.80 Å². The minimum Gasteiger partial charge on any atom is -0.392 e. The summed E-state index contributed by atoms with van der Waals surface area (Å²) in [4.78, 5) is 4.87. The Morgan fingerprint density at radius 2 is 1.36 bits per heavy atom. The van der Waals surface area contributed by atoms with Gasteiger partial charge in [-0.25, -0.2) is 4.39 Å². The molecule has 1 aliphatic rings. The van der Waals surface area contributed by atoms with Crippen molar-refractivity contribution in [2.24, 2.45) is 0 Å². The van der Waals surface area contributed by atoms with Gasteiger partial charge in [0.15, 0.2) is 0 Å². The number of hydrogen-bond acceptors (Lipinski definition) is 3. The molecule has 0 atom stereocenters. The van der Waals surface area contributed by atoms with Gasteiger partial charge in [-0.1, -0.05) is 48.6 Å². The molecule has 132 valence electrons. The average Bonchev–Trinajstić information content (AvgIpc) is 2.65. The zero-order valence-electron chi connectivity index (χ0n) is 14.4. The normalized spacial score (nSPS) is 16.6. The predicted octanol–water partition coefficient (Wildman–Crippen LogP) is 3.16. The molecule has 0 aliphatic carbocycles. The molecule has 0 amide bonds. The van der Waals surface area contributed by atoms with Crippen molar-refractivity contribution in [2.45, 2.75) is 6.54 Å². The van der Waals surface area contributed by atoms with Crippen LogP contribution in [-0.4, -0.2) is 54.2 Å². The number of rotatable bonds is 6. The molecule has 2 aromatic carbocycles. The van der Waals surface area contributed by atoms with Crippen LogP contribution in [-0.2, 0) is 6.54 Å². The summed E-state index contributed by atoms with van der Waals surface area (Å²) in [6.07, 6.45) is 3.83. The van der Waals surface area contributed by atoms with Crippen LogP contribution < -0.4 is 0 Å². The van der Waals surface area contributed by atoms with Crippen LogP contribution in [0.4, 0.5) is 4.39 Å². The Morgan fingerprint density at radius 1 is 0.800 bits per heavy atom. The van der Waals surface area contributed by atoms with Crippen molar-refractivity contribution >= 4 is 0 Å². The molecule has 25 heavy (non-hydrogen) atoms. The van der Waals surface area contributed by atoms with Crippen LogP contribution in [0.25, 0.3) is 11.1 Å². The second-order valence-electron chi connectivity index (χ2n) is 6.43. The van der Waals surface area contributed by atoms with Crippen molar-refractivity contribution < 1.29 is 9.50 Å². The number of hydrogen-bond donors (Lipinski definition) is 1. The largest absolute Gasteiger partial charge is 0.392 e. The van der Waals surface area contributed by atoms with E-state index in [1.165, 1.54) is 17.7 Å². The van der Waals surface area contributed by atoms with Crippen LogP contribution in [0.3, 0.4) is 0 Å². The Balaban J connectivity index is 1.51. The van der Waals surface area contributed by atoms with E-state index in [1.54, 1.807) is 6.08 Å². The minimum atomic E-state index is -0.202. The summed E-state index contributed by atoms with van der Waals surface area (Å²) in [7, 11) is 0. The molecule has 3 nitrogen and oxygen atoms in total. The molecular weight excluding hydrogens is 315 g/mol. The topological polar surface area (TPSA) is 26.7 Å². The molecule has 3 rings (SSSR count). The second-order valence-corrected chi connectivity index (χ2v) is 6.43. The lowest BCUT2D eigenvalue weighted by atomic mass is 10.0. The van der Waals surface area contributed by atoms with Crippen molar-refractivity contribution in [3.63, 3.8) is 0 Å². The monoisotopic (exact) mass is 340 g/mol. The SMILES string of the molecule is OC/C=C/CN1CCN(Cc2ccc(-c3ccc(F)cc3)cc2)CC1. The number of nitrogens with zero attached hydrogens (tertiary/aromatic N) is 2. The minimum absolute atomic E-state index is 0.119. The van der Waals surface area contributed by atoms with Gasteiger partial charge in [-0.15, -0.1) is 0 Å². The Hall–Kier alpha value is -2.01. The third-order valence-corrected chi connectivity index (χ3v) is 4.64. The van der Waals surface area contributed by atoms with Crippen molar-refractivity contribution in [3.8, 4) is 11.1 Å². The molecule has 4 heteroatoms. The first-order valence-corrected chi connectivity index (χ1v) is 8.80. The molecule has 0 radical (unpaired) electrons. The third-order valence-electron chi connectivity index (χ3n) is 4.64. The van der Waals surface area contributed by atoms with Crippen LogP contribution in [0.15, 0.2) is 60.7 Å². The van der Waals surface area contributed by atoms with Gasteiger partial charge in [0.05, 0.1) is 6.61 Å². The Labute approximate surface area is 149 Å². The molecule has 0 bridgehead atoms. The first kappa shape index (κ1) is 17.8. The van der Waals surface area contributed by atoms with Gasteiger partial charge in [-0.3, -0.25) is 9.80 Å². The standard InChI is InChI=1S/C21H25FN2O/c22-21-9-7-20(8-10-21)19-5-3-18(4-6-19)17-24-14-12-23(13-15-24)11-1-2-16-25/h1-10,25H,11-17H2/b2-1+. The molecule has 1 fully saturated rings. The van der Waals surface area contributed by atoms with Crippen LogP contribution in [0.1, 0.15) is 5.56 Å². The van der Waals surface area contributed by atoms with Crippen molar-refractivity contribution in [1.29, 1.82) is 0 Å². The summed E-state index contributed by atoms with van der Waals surface area (Å²) in [6.45, 7) is 6.24. The number of benzene rings is 2.